The molecule has 6 heteroatoms. The average Bonchev–Trinajstić information content (AvgIpc) is 2.57. The zero-order valence-corrected chi connectivity index (χ0v) is 13.5. The van der Waals surface area contributed by atoms with E-state index >= 15 is 0 Å². The van der Waals surface area contributed by atoms with Gasteiger partial charge < -0.3 is 10.6 Å². The van der Waals surface area contributed by atoms with Crippen molar-refractivity contribution in [2.24, 2.45) is 0 Å². The summed E-state index contributed by atoms with van der Waals surface area (Å²) in [5.41, 5.74) is -0.189. The molecule has 6 nitrogen and oxygen atoms in total. The number of fused-ring (bicyclic) bond motifs is 1. The molecule has 0 radical (unpaired) electrons. The predicted molar refractivity (Wildman–Crippen MR) is 92.6 cm³/mol. The maximum absolute atomic E-state index is 11.7. The molecule has 1 amide bonds. The topological polar surface area (TPSA) is 86.9 Å². The Morgan fingerprint density at radius 2 is 1.91 bits per heavy atom. The number of rotatable bonds is 9. The van der Waals surface area contributed by atoms with Gasteiger partial charge in [-0.05, 0) is 18.9 Å². The highest BCUT2D eigenvalue weighted by atomic mass is 16.1. The van der Waals surface area contributed by atoms with Crippen LogP contribution in [0.15, 0.2) is 29.1 Å². The first-order valence-electron chi connectivity index (χ1n) is 8.20. The van der Waals surface area contributed by atoms with E-state index in [0.717, 1.165) is 31.1 Å². The van der Waals surface area contributed by atoms with Crippen LogP contribution in [0.3, 0.4) is 0 Å². The van der Waals surface area contributed by atoms with Crippen molar-refractivity contribution in [3.05, 3.63) is 34.6 Å². The molecule has 0 saturated heterocycles. The van der Waals surface area contributed by atoms with Crippen LogP contribution in [-0.2, 0) is 4.79 Å². The van der Waals surface area contributed by atoms with Gasteiger partial charge in [-0.3, -0.25) is 9.59 Å². The van der Waals surface area contributed by atoms with Gasteiger partial charge in [-0.15, -0.1) is 0 Å². The molecular formula is C17H24N4O2. The molecule has 0 fully saturated rings. The Kier molecular flexibility index (Phi) is 6.59. The summed E-state index contributed by atoms with van der Waals surface area (Å²) in [4.78, 5) is 23.3. The van der Waals surface area contributed by atoms with Crippen molar-refractivity contribution in [3.8, 4) is 0 Å². The molecule has 2 aromatic rings. The Bertz CT molecular complexity index is 696. The number of anilines is 1. The fourth-order valence-corrected chi connectivity index (χ4v) is 2.40. The molecule has 0 spiro atoms. The van der Waals surface area contributed by atoms with Gasteiger partial charge in [-0.2, -0.15) is 5.10 Å². The van der Waals surface area contributed by atoms with Crippen molar-refractivity contribution in [1.29, 1.82) is 0 Å². The number of nitrogens with zero attached hydrogens (tertiary/aromatic N) is 1. The van der Waals surface area contributed by atoms with Gasteiger partial charge in [0, 0.05) is 24.9 Å². The van der Waals surface area contributed by atoms with Crippen LogP contribution in [0.4, 0.5) is 5.82 Å². The Labute approximate surface area is 135 Å². The summed E-state index contributed by atoms with van der Waals surface area (Å²) < 4.78 is 0. The molecule has 1 aromatic carbocycles. The lowest BCUT2D eigenvalue weighted by atomic mass is 10.2. The third-order valence-corrected chi connectivity index (χ3v) is 3.67. The average molecular weight is 316 g/mol. The smallest absolute Gasteiger partial charge is 0.272 e. The molecule has 2 rings (SSSR count). The summed E-state index contributed by atoms with van der Waals surface area (Å²) >= 11 is 0. The predicted octanol–water partition coefficient (Wildman–Crippen LogP) is 2.42. The molecule has 0 bridgehead atoms. The van der Waals surface area contributed by atoms with Crippen LogP contribution in [0, 0.1) is 0 Å². The Hall–Kier alpha value is -2.37. The fraction of sp³-hybridized carbons (Fsp3) is 0.471. The number of aromatic nitrogens is 2. The molecule has 23 heavy (non-hydrogen) atoms. The summed E-state index contributed by atoms with van der Waals surface area (Å²) in [7, 11) is 0. The van der Waals surface area contributed by atoms with Crippen LogP contribution in [0.25, 0.3) is 10.8 Å². The summed E-state index contributed by atoms with van der Waals surface area (Å²) in [5, 5.41) is 14.1. The minimum absolute atomic E-state index is 0.117. The van der Waals surface area contributed by atoms with E-state index < -0.39 is 0 Å². The quantitative estimate of drug-likeness (QED) is 0.620. The number of hydrogen-bond acceptors (Lipinski definition) is 4. The van der Waals surface area contributed by atoms with E-state index in [4.69, 9.17) is 0 Å². The number of carbonyl (C=O) groups excluding carboxylic acids is 1. The van der Waals surface area contributed by atoms with E-state index in [-0.39, 0.29) is 11.5 Å². The summed E-state index contributed by atoms with van der Waals surface area (Å²) in [6, 6.07) is 7.35. The maximum Gasteiger partial charge on any atom is 0.272 e. The minimum Gasteiger partial charge on any atom is -0.368 e. The summed E-state index contributed by atoms with van der Waals surface area (Å²) in [5.74, 6) is 0.778. The molecule has 0 aliphatic carbocycles. The standard InChI is InChI=1S/C17H24N4O2/c1-2-3-4-10-15(22)18-11-7-12-19-16-13-8-5-6-9-14(13)17(23)21-20-16/h5-6,8-9H,2-4,7,10-12H2,1H3,(H,18,22)(H,19,20)(H,21,23). The highest BCUT2D eigenvalue weighted by Gasteiger charge is 2.05. The zero-order chi connectivity index (χ0) is 16.5. The lowest BCUT2D eigenvalue weighted by molar-refractivity contribution is -0.121. The first-order chi connectivity index (χ1) is 11.2. The highest BCUT2D eigenvalue weighted by Crippen LogP contribution is 2.16. The van der Waals surface area contributed by atoms with Crippen molar-refractivity contribution in [2.45, 2.75) is 39.0 Å². The second-order valence-corrected chi connectivity index (χ2v) is 5.53. The molecule has 0 aliphatic heterocycles. The van der Waals surface area contributed by atoms with Crippen molar-refractivity contribution in [1.82, 2.24) is 15.5 Å². The highest BCUT2D eigenvalue weighted by molar-refractivity contribution is 5.90. The molecule has 0 unspecified atom stereocenters. The number of aromatic amines is 1. The number of amides is 1. The third-order valence-electron chi connectivity index (χ3n) is 3.67. The molecular weight excluding hydrogens is 292 g/mol. The molecule has 1 heterocycles. The monoisotopic (exact) mass is 316 g/mol. The molecule has 3 N–H and O–H groups in total. The van der Waals surface area contributed by atoms with Gasteiger partial charge in [0.15, 0.2) is 5.82 Å². The SMILES string of the molecule is CCCCCC(=O)NCCCNc1n[nH]c(=O)c2ccccc12. The van der Waals surface area contributed by atoms with Gasteiger partial charge in [-0.1, -0.05) is 38.0 Å². The Morgan fingerprint density at radius 3 is 2.70 bits per heavy atom. The molecule has 0 atom stereocenters. The van der Waals surface area contributed by atoms with Crippen molar-refractivity contribution in [2.75, 3.05) is 18.4 Å². The first kappa shape index (κ1) is 17.0. The Morgan fingerprint density at radius 1 is 1.13 bits per heavy atom. The second-order valence-electron chi connectivity index (χ2n) is 5.53. The molecule has 0 aliphatic rings. The van der Waals surface area contributed by atoms with Crippen LogP contribution in [0.2, 0.25) is 0 Å². The van der Waals surface area contributed by atoms with Gasteiger partial charge in [0.25, 0.3) is 5.56 Å². The summed E-state index contributed by atoms with van der Waals surface area (Å²) in [6.07, 6.45) is 4.58. The minimum atomic E-state index is -0.189. The molecule has 124 valence electrons. The number of nitrogens with one attached hydrogen (secondary N) is 3. The largest absolute Gasteiger partial charge is 0.368 e. The lowest BCUT2D eigenvalue weighted by Gasteiger charge is -2.08. The van der Waals surface area contributed by atoms with E-state index in [1.165, 1.54) is 0 Å². The van der Waals surface area contributed by atoms with Gasteiger partial charge >= 0.3 is 0 Å². The van der Waals surface area contributed by atoms with Crippen LogP contribution in [0.1, 0.15) is 39.0 Å². The number of carbonyl (C=O) groups is 1. The number of benzene rings is 1. The van der Waals surface area contributed by atoms with Crippen molar-refractivity contribution < 1.29 is 4.79 Å². The molecule has 1 aromatic heterocycles. The van der Waals surface area contributed by atoms with E-state index in [1.54, 1.807) is 6.07 Å². The lowest BCUT2D eigenvalue weighted by Crippen LogP contribution is -2.25. The van der Waals surface area contributed by atoms with E-state index in [0.29, 0.717) is 30.7 Å². The van der Waals surface area contributed by atoms with E-state index in [1.807, 2.05) is 18.2 Å². The Balaban J connectivity index is 1.76. The van der Waals surface area contributed by atoms with Crippen LogP contribution in [-0.4, -0.2) is 29.2 Å². The van der Waals surface area contributed by atoms with Crippen molar-refractivity contribution >= 4 is 22.5 Å². The number of H-pyrrole nitrogens is 1. The third kappa shape index (κ3) is 5.09. The van der Waals surface area contributed by atoms with Crippen LogP contribution >= 0.6 is 0 Å². The second kappa shape index (κ2) is 8.92. The fourth-order valence-electron chi connectivity index (χ4n) is 2.40. The van der Waals surface area contributed by atoms with Gasteiger partial charge in [0.2, 0.25) is 5.91 Å². The summed E-state index contributed by atoms with van der Waals surface area (Å²) in [6.45, 7) is 3.44. The zero-order valence-electron chi connectivity index (χ0n) is 13.5. The maximum atomic E-state index is 11.7. The number of unbranched alkanes of at least 4 members (excludes halogenated alkanes) is 2. The van der Waals surface area contributed by atoms with E-state index in [9.17, 15) is 9.59 Å². The van der Waals surface area contributed by atoms with E-state index in [2.05, 4.69) is 27.8 Å². The van der Waals surface area contributed by atoms with Crippen molar-refractivity contribution in [3.63, 3.8) is 0 Å². The van der Waals surface area contributed by atoms with Crippen LogP contribution in [0.5, 0.6) is 0 Å². The first-order valence-corrected chi connectivity index (χ1v) is 8.20. The normalized spacial score (nSPS) is 10.7. The number of hydrogen-bond donors (Lipinski definition) is 3. The molecule has 0 saturated carbocycles. The van der Waals surface area contributed by atoms with Crippen LogP contribution < -0.4 is 16.2 Å². The van der Waals surface area contributed by atoms with Gasteiger partial charge in [-0.25, -0.2) is 5.10 Å². The van der Waals surface area contributed by atoms with Gasteiger partial charge in [0.1, 0.15) is 0 Å². The van der Waals surface area contributed by atoms with Gasteiger partial charge in [0.05, 0.1) is 5.39 Å².